The Balaban J connectivity index is 1.96. The summed E-state index contributed by atoms with van der Waals surface area (Å²) in [5.41, 5.74) is 1.62. The second-order valence-corrected chi connectivity index (χ2v) is 6.35. The zero-order valence-corrected chi connectivity index (χ0v) is 15.7. The molecule has 1 atom stereocenters. The molecule has 142 valence electrons. The van der Waals surface area contributed by atoms with Crippen LogP contribution in [0.3, 0.4) is 0 Å². The van der Waals surface area contributed by atoms with Gasteiger partial charge in [0.25, 0.3) is 11.6 Å². The summed E-state index contributed by atoms with van der Waals surface area (Å²) >= 11 is 5.71. The van der Waals surface area contributed by atoms with E-state index < -0.39 is 29.1 Å². The lowest BCUT2D eigenvalue weighted by atomic mass is 10.0. The third-order valence-corrected chi connectivity index (χ3v) is 4.26. The van der Waals surface area contributed by atoms with Crippen molar-refractivity contribution >= 4 is 29.2 Å². The number of esters is 1. The second-order valence-electron chi connectivity index (χ2n) is 5.94. The highest BCUT2D eigenvalue weighted by Gasteiger charge is 2.19. The number of ether oxygens (including phenoxy) is 1. The van der Waals surface area contributed by atoms with Crippen molar-refractivity contribution in [1.82, 2.24) is 5.32 Å². The van der Waals surface area contributed by atoms with Crippen molar-refractivity contribution in [3.05, 3.63) is 74.3 Å². The van der Waals surface area contributed by atoms with E-state index in [0.717, 1.165) is 17.2 Å². The van der Waals surface area contributed by atoms with Crippen molar-refractivity contribution in [2.24, 2.45) is 0 Å². The van der Waals surface area contributed by atoms with E-state index in [-0.39, 0.29) is 16.6 Å². The van der Waals surface area contributed by atoms with Gasteiger partial charge in [-0.1, -0.05) is 48.4 Å². The molecule has 2 rings (SSSR count). The average Bonchev–Trinajstić information content (AvgIpc) is 2.65. The molecule has 0 saturated carbocycles. The molecular weight excluding hydrogens is 372 g/mol. The highest BCUT2D eigenvalue weighted by molar-refractivity contribution is 6.32. The van der Waals surface area contributed by atoms with E-state index in [9.17, 15) is 19.7 Å². The van der Waals surface area contributed by atoms with E-state index in [1.807, 2.05) is 38.1 Å². The Morgan fingerprint density at radius 2 is 1.89 bits per heavy atom. The molecule has 0 heterocycles. The highest BCUT2D eigenvalue weighted by atomic mass is 35.5. The van der Waals surface area contributed by atoms with Gasteiger partial charge in [0.1, 0.15) is 5.02 Å². The highest BCUT2D eigenvalue weighted by Crippen LogP contribution is 2.25. The maximum atomic E-state index is 12.1. The molecule has 2 aromatic carbocycles. The van der Waals surface area contributed by atoms with Crippen LogP contribution in [0.25, 0.3) is 0 Å². The Kier molecular flexibility index (Phi) is 6.90. The molecule has 0 unspecified atom stereocenters. The minimum absolute atomic E-state index is 0.0514. The number of nitro groups is 1. The third-order valence-electron chi connectivity index (χ3n) is 3.94. The van der Waals surface area contributed by atoms with Crippen molar-refractivity contribution in [2.45, 2.75) is 26.3 Å². The lowest BCUT2D eigenvalue weighted by Gasteiger charge is -2.17. The molecule has 0 radical (unpaired) electrons. The number of nitrogens with one attached hydrogen (secondary N) is 1. The first-order valence-corrected chi connectivity index (χ1v) is 8.66. The van der Waals surface area contributed by atoms with Crippen LogP contribution < -0.4 is 5.32 Å². The van der Waals surface area contributed by atoms with Crippen LogP contribution in [0.4, 0.5) is 5.69 Å². The van der Waals surface area contributed by atoms with Crippen molar-refractivity contribution in [3.63, 3.8) is 0 Å². The molecule has 8 heteroatoms. The molecule has 0 aliphatic heterocycles. The number of halogens is 1. The predicted octanol–water partition coefficient (Wildman–Crippen LogP) is 3.98. The Morgan fingerprint density at radius 1 is 1.22 bits per heavy atom. The minimum atomic E-state index is -0.840. The largest absolute Gasteiger partial charge is 0.452 e. The van der Waals surface area contributed by atoms with Gasteiger partial charge < -0.3 is 10.1 Å². The van der Waals surface area contributed by atoms with Crippen LogP contribution in [0.15, 0.2) is 42.5 Å². The van der Waals surface area contributed by atoms with Crippen LogP contribution in [-0.2, 0) is 9.53 Å². The van der Waals surface area contributed by atoms with Gasteiger partial charge in [-0.05, 0) is 31.0 Å². The number of benzene rings is 2. The zero-order valence-electron chi connectivity index (χ0n) is 14.9. The van der Waals surface area contributed by atoms with Crippen LogP contribution in [0.2, 0.25) is 5.02 Å². The van der Waals surface area contributed by atoms with Gasteiger partial charge in [-0.15, -0.1) is 0 Å². The SMILES string of the molecule is CC[C@H](NC(=O)COC(=O)c1ccc(Cl)c([N+](=O)[O-])c1)c1ccc(C)cc1. The van der Waals surface area contributed by atoms with Crippen LogP contribution in [0.5, 0.6) is 0 Å². The summed E-state index contributed by atoms with van der Waals surface area (Å²) in [7, 11) is 0. The number of aryl methyl sites for hydroxylation is 1. The van der Waals surface area contributed by atoms with Gasteiger partial charge in [0, 0.05) is 6.07 Å². The van der Waals surface area contributed by atoms with Gasteiger partial charge in [0.15, 0.2) is 6.61 Å². The van der Waals surface area contributed by atoms with E-state index in [1.54, 1.807) is 0 Å². The molecule has 0 aliphatic carbocycles. The molecule has 0 saturated heterocycles. The molecule has 0 aliphatic rings. The topological polar surface area (TPSA) is 98.5 Å². The Labute approximate surface area is 161 Å². The maximum Gasteiger partial charge on any atom is 0.338 e. The van der Waals surface area contributed by atoms with Gasteiger partial charge in [0.05, 0.1) is 16.5 Å². The number of nitrogens with zero attached hydrogens (tertiary/aromatic N) is 1. The number of carbonyl (C=O) groups is 2. The normalized spacial score (nSPS) is 11.5. The molecule has 7 nitrogen and oxygen atoms in total. The van der Waals surface area contributed by atoms with Gasteiger partial charge in [0.2, 0.25) is 0 Å². The predicted molar refractivity (Wildman–Crippen MR) is 101 cm³/mol. The first-order valence-electron chi connectivity index (χ1n) is 8.28. The molecule has 2 aromatic rings. The Hall–Kier alpha value is -2.93. The van der Waals surface area contributed by atoms with Crippen LogP contribution in [0, 0.1) is 17.0 Å². The number of hydrogen-bond donors (Lipinski definition) is 1. The van der Waals surface area contributed by atoms with Gasteiger partial charge in [-0.2, -0.15) is 0 Å². The monoisotopic (exact) mass is 390 g/mol. The first kappa shape index (κ1) is 20.4. The van der Waals surface area contributed by atoms with E-state index in [0.29, 0.717) is 6.42 Å². The summed E-state index contributed by atoms with van der Waals surface area (Å²) in [4.78, 5) is 34.3. The maximum absolute atomic E-state index is 12.1. The lowest BCUT2D eigenvalue weighted by Crippen LogP contribution is -2.32. The number of carbonyl (C=O) groups excluding carboxylic acids is 2. The summed E-state index contributed by atoms with van der Waals surface area (Å²) in [6, 6.07) is 11.1. The summed E-state index contributed by atoms with van der Waals surface area (Å²) in [5, 5.41) is 13.6. The number of rotatable bonds is 7. The standard InChI is InChI=1S/C19H19ClN2O5/c1-3-16(13-6-4-12(2)5-7-13)21-18(23)11-27-19(24)14-8-9-15(20)17(10-14)22(25)26/h4-10,16H,3,11H2,1-2H3,(H,21,23)/t16-/m0/s1. The molecule has 0 spiro atoms. The fraction of sp³-hybridized carbons (Fsp3) is 0.263. The molecule has 1 amide bonds. The van der Waals surface area contributed by atoms with Gasteiger partial charge >= 0.3 is 5.97 Å². The van der Waals surface area contributed by atoms with Crippen LogP contribution >= 0.6 is 11.6 Å². The summed E-state index contributed by atoms with van der Waals surface area (Å²) in [6.45, 7) is 3.42. The van der Waals surface area contributed by atoms with Crippen molar-refractivity contribution in [2.75, 3.05) is 6.61 Å². The van der Waals surface area contributed by atoms with Gasteiger partial charge in [-0.25, -0.2) is 4.79 Å². The lowest BCUT2D eigenvalue weighted by molar-refractivity contribution is -0.384. The van der Waals surface area contributed by atoms with E-state index in [1.165, 1.54) is 12.1 Å². The quantitative estimate of drug-likeness (QED) is 0.438. The van der Waals surface area contributed by atoms with Crippen LogP contribution in [-0.4, -0.2) is 23.4 Å². The Morgan fingerprint density at radius 3 is 2.48 bits per heavy atom. The number of hydrogen-bond acceptors (Lipinski definition) is 5. The third kappa shape index (κ3) is 5.52. The summed E-state index contributed by atoms with van der Waals surface area (Å²) < 4.78 is 4.95. The second kappa shape index (κ2) is 9.14. The van der Waals surface area contributed by atoms with E-state index in [4.69, 9.17) is 16.3 Å². The summed E-state index contributed by atoms with van der Waals surface area (Å²) in [5.74, 6) is -1.30. The molecule has 0 fully saturated rings. The number of nitro benzene ring substituents is 1. The minimum Gasteiger partial charge on any atom is -0.452 e. The van der Waals surface area contributed by atoms with Gasteiger partial charge in [-0.3, -0.25) is 14.9 Å². The first-order chi connectivity index (χ1) is 12.8. The Bertz CT molecular complexity index is 852. The van der Waals surface area contributed by atoms with Crippen molar-refractivity contribution in [3.8, 4) is 0 Å². The fourth-order valence-corrected chi connectivity index (χ4v) is 2.64. The van der Waals surface area contributed by atoms with Crippen molar-refractivity contribution < 1.29 is 19.2 Å². The molecule has 27 heavy (non-hydrogen) atoms. The van der Waals surface area contributed by atoms with Crippen molar-refractivity contribution in [1.29, 1.82) is 0 Å². The molecule has 0 bridgehead atoms. The summed E-state index contributed by atoms with van der Waals surface area (Å²) in [6.07, 6.45) is 0.673. The molecule has 0 aromatic heterocycles. The zero-order chi connectivity index (χ0) is 20.0. The average molecular weight is 391 g/mol. The van der Waals surface area contributed by atoms with E-state index >= 15 is 0 Å². The van der Waals surface area contributed by atoms with Crippen LogP contribution in [0.1, 0.15) is 40.9 Å². The molecular formula is C19H19ClN2O5. The van der Waals surface area contributed by atoms with E-state index in [2.05, 4.69) is 5.32 Å². The number of amides is 1. The molecule has 1 N–H and O–H groups in total. The fourth-order valence-electron chi connectivity index (χ4n) is 2.45. The smallest absolute Gasteiger partial charge is 0.338 e.